The molecule has 4 heteroatoms. The maximum Gasteiger partial charge on any atom is 0.255 e. The van der Waals surface area contributed by atoms with Crippen molar-refractivity contribution in [2.75, 3.05) is 13.4 Å². The Hall–Kier alpha value is -1.16. The molecule has 0 aliphatic heterocycles. The number of hydrogen-bond acceptors (Lipinski definition) is 3. The highest BCUT2D eigenvalue weighted by Crippen LogP contribution is 2.26. The molecule has 1 amide bonds. The van der Waals surface area contributed by atoms with Crippen LogP contribution in [0.3, 0.4) is 0 Å². The Kier molecular flexibility index (Phi) is 5.77. The average molecular weight is 293 g/mol. The molecule has 20 heavy (non-hydrogen) atoms. The van der Waals surface area contributed by atoms with Crippen molar-refractivity contribution in [3.63, 3.8) is 0 Å². The molecule has 1 aliphatic carbocycles. The molecule has 1 aromatic carbocycles. The van der Waals surface area contributed by atoms with Gasteiger partial charge in [-0.25, -0.2) is 0 Å². The second kappa shape index (κ2) is 7.58. The fourth-order valence-electron chi connectivity index (χ4n) is 2.67. The average Bonchev–Trinajstić information content (AvgIpc) is 2.75. The maximum atomic E-state index is 12.4. The van der Waals surface area contributed by atoms with Gasteiger partial charge in [0.25, 0.3) is 5.91 Å². The van der Waals surface area contributed by atoms with Crippen LogP contribution in [0, 0.1) is 0 Å². The second-order valence-electron chi connectivity index (χ2n) is 5.23. The van der Waals surface area contributed by atoms with Gasteiger partial charge in [0, 0.05) is 10.9 Å². The Morgan fingerprint density at radius 3 is 2.55 bits per heavy atom. The number of nitrogens with one attached hydrogen (secondary N) is 1. The predicted molar refractivity (Wildman–Crippen MR) is 83.7 cm³/mol. The summed E-state index contributed by atoms with van der Waals surface area (Å²) in [6, 6.07) is 6.06. The minimum atomic E-state index is -0.0126. The van der Waals surface area contributed by atoms with Gasteiger partial charge < -0.3 is 10.1 Å². The predicted octanol–water partition coefficient (Wildman–Crippen LogP) is 3.87. The Balaban J connectivity index is 2.07. The number of methoxy groups -OCH3 is 1. The van der Waals surface area contributed by atoms with Crippen molar-refractivity contribution in [1.82, 2.24) is 5.32 Å². The smallest absolute Gasteiger partial charge is 0.255 e. The third-order valence-electron chi connectivity index (χ3n) is 3.84. The highest BCUT2D eigenvalue weighted by atomic mass is 32.2. The Labute approximate surface area is 125 Å². The number of carbonyl (C=O) groups excluding carboxylic acids is 1. The van der Waals surface area contributed by atoms with Gasteiger partial charge in [-0.3, -0.25) is 4.79 Å². The molecule has 0 heterocycles. The van der Waals surface area contributed by atoms with Crippen LogP contribution >= 0.6 is 11.8 Å². The summed E-state index contributed by atoms with van der Waals surface area (Å²) in [4.78, 5) is 13.5. The first-order chi connectivity index (χ1) is 9.74. The van der Waals surface area contributed by atoms with Crippen molar-refractivity contribution in [2.45, 2.75) is 49.5 Å². The van der Waals surface area contributed by atoms with Crippen LogP contribution in [0.25, 0.3) is 0 Å². The van der Waals surface area contributed by atoms with E-state index >= 15 is 0 Å². The Morgan fingerprint density at radius 2 is 1.95 bits per heavy atom. The summed E-state index contributed by atoms with van der Waals surface area (Å²) in [6.45, 7) is 0. The number of hydrogen-bond donors (Lipinski definition) is 1. The lowest BCUT2D eigenvalue weighted by Gasteiger charge is -2.17. The summed E-state index contributed by atoms with van der Waals surface area (Å²) in [5, 5.41) is 3.16. The van der Waals surface area contributed by atoms with Crippen molar-refractivity contribution in [2.24, 2.45) is 0 Å². The molecule has 0 spiro atoms. The van der Waals surface area contributed by atoms with E-state index in [4.69, 9.17) is 4.74 Å². The van der Waals surface area contributed by atoms with E-state index in [2.05, 4.69) is 5.32 Å². The van der Waals surface area contributed by atoms with E-state index in [0.29, 0.717) is 17.4 Å². The third-order valence-corrected chi connectivity index (χ3v) is 4.57. The largest absolute Gasteiger partial charge is 0.496 e. The lowest BCUT2D eigenvalue weighted by Crippen LogP contribution is -2.34. The molecule has 0 unspecified atom stereocenters. The van der Waals surface area contributed by atoms with E-state index < -0.39 is 0 Å². The van der Waals surface area contributed by atoms with Crippen molar-refractivity contribution >= 4 is 17.7 Å². The SMILES string of the molecule is COc1cc(SC)ccc1C(=O)NC1CCCCCC1. The topological polar surface area (TPSA) is 38.3 Å². The highest BCUT2D eigenvalue weighted by Gasteiger charge is 2.18. The fraction of sp³-hybridized carbons (Fsp3) is 0.562. The van der Waals surface area contributed by atoms with Crippen LogP contribution < -0.4 is 10.1 Å². The summed E-state index contributed by atoms with van der Waals surface area (Å²) in [7, 11) is 1.61. The summed E-state index contributed by atoms with van der Waals surface area (Å²) < 4.78 is 5.35. The molecule has 0 aromatic heterocycles. The van der Waals surface area contributed by atoms with Crippen molar-refractivity contribution in [1.29, 1.82) is 0 Å². The molecule has 3 nitrogen and oxygen atoms in total. The molecular formula is C16H23NO2S. The molecule has 1 saturated carbocycles. The minimum absolute atomic E-state index is 0.0126. The first-order valence-electron chi connectivity index (χ1n) is 7.27. The molecule has 0 radical (unpaired) electrons. The van der Waals surface area contributed by atoms with Gasteiger partial charge in [-0.05, 0) is 37.3 Å². The Morgan fingerprint density at radius 1 is 1.25 bits per heavy atom. The first kappa shape index (κ1) is 15.2. The monoisotopic (exact) mass is 293 g/mol. The molecule has 2 rings (SSSR count). The van der Waals surface area contributed by atoms with Crippen LogP contribution in [0.4, 0.5) is 0 Å². The van der Waals surface area contributed by atoms with Gasteiger partial charge in [0.1, 0.15) is 5.75 Å². The van der Waals surface area contributed by atoms with Gasteiger partial charge >= 0.3 is 0 Å². The van der Waals surface area contributed by atoms with E-state index in [-0.39, 0.29) is 5.91 Å². The zero-order valence-electron chi connectivity index (χ0n) is 12.3. The summed E-state index contributed by atoms with van der Waals surface area (Å²) in [6.07, 6.45) is 9.21. The van der Waals surface area contributed by atoms with Gasteiger partial charge in [-0.1, -0.05) is 25.7 Å². The highest BCUT2D eigenvalue weighted by molar-refractivity contribution is 7.98. The number of amides is 1. The summed E-state index contributed by atoms with van der Waals surface area (Å²) in [5.74, 6) is 0.643. The quantitative estimate of drug-likeness (QED) is 0.676. The standard InChI is InChI=1S/C16H23NO2S/c1-19-15-11-13(20-2)9-10-14(15)16(18)17-12-7-5-3-4-6-8-12/h9-12H,3-8H2,1-2H3,(H,17,18). The van der Waals surface area contributed by atoms with E-state index in [1.54, 1.807) is 18.9 Å². The van der Waals surface area contributed by atoms with E-state index in [9.17, 15) is 4.79 Å². The number of carbonyl (C=O) groups is 1. The molecule has 1 fully saturated rings. The van der Waals surface area contributed by atoms with Crippen molar-refractivity contribution < 1.29 is 9.53 Å². The molecule has 1 aliphatic rings. The molecule has 1 N–H and O–H groups in total. The van der Waals surface area contributed by atoms with E-state index in [0.717, 1.165) is 17.7 Å². The zero-order valence-corrected chi connectivity index (χ0v) is 13.1. The van der Waals surface area contributed by atoms with Gasteiger partial charge in [-0.2, -0.15) is 0 Å². The molecule has 110 valence electrons. The number of ether oxygens (including phenoxy) is 1. The van der Waals surface area contributed by atoms with Crippen LogP contribution in [0.2, 0.25) is 0 Å². The van der Waals surface area contributed by atoms with Gasteiger partial charge in [0.05, 0.1) is 12.7 Å². The van der Waals surface area contributed by atoms with E-state index in [1.807, 2.05) is 24.5 Å². The van der Waals surface area contributed by atoms with Crippen LogP contribution in [0.5, 0.6) is 5.75 Å². The number of rotatable bonds is 4. The van der Waals surface area contributed by atoms with Crippen molar-refractivity contribution in [3.8, 4) is 5.75 Å². The lowest BCUT2D eigenvalue weighted by atomic mass is 10.1. The molecular weight excluding hydrogens is 270 g/mol. The second-order valence-corrected chi connectivity index (χ2v) is 6.11. The zero-order chi connectivity index (χ0) is 14.4. The summed E-state index contributed by atoms with van der Waals surface area (Å²) in [5.41, 5.74) is 0.634. The molecule has 0 atom stereocenters. The van der Waals surface area contributed by atoms with Gasteiger partial charge in [0.2, 0.25) is 0 Å². The Bertz CT molecular complexity index is 454. The summed E-state index contributed by atoms with van der Waals surface area (Å²) >= 11 is 1.65. The van der Waals surface area contributed by atoms with Gasteiger partial charge in [0.15, 0.2) is 0 Å². The van der Waals surface area contributed by atoms with Crippen LogP contribution in [-0.4, -0.2) is 25.3 Å². The van der Waals surface area contributed by atoms with Crippen LogP contribution in [0.15, 0.2) is 23.1 Å². The van der Waals surface area contributed by atoms with Gasteiger partial charge in [-0.15, -0.1) is 11.8 Å². The fourth-order valence-corrected chi connectivity index (χ4v) is 3.10. The molecule has 1 aromatic rings. The number of benzene rings is 1. The first-order valence-corrected chi connectivity index (χ1v) is 8.50. The van der Waals surface area contributed by atoms with Crippen LogP contribution in [0.1, 0.15) is 48.9 Å². The lowest BCUT2D eigenvalue weighted by molar-refractivity contribution is 0.0930. The van der Waals surface area contributed by atoms with Crippen LogP contribution in [-0.2, 0) is 0 Å². The molecule has 0 saturated heterocycles. The third kappa shape index (κ3) is 3.92. The maximum absolute atomic E-state index is 12.4. The number of thioether (sulfide) groups is 1. The normalized spacial score (nSPS) is 16.5. The van der Waals surface area contributed by atoms with E-state index in [1.165, 1.54) is 25.7 Å². The minimum Gasteiger partial charge on any atom is -0.496 e. The van der Waals surface area contributed by atoms with Crippen molar-refractivity contribution in [3.05, 3.63) is 23.8 Å². The molecule has 0 bridgehead atoms.